The summed E-state index contributed by atoms with van der Waals surface area (Å²) in [6.07, 6.45) is 8.10. The largest absolute Gasteiger partial charge is 0.335 e. The highest BCUT2D eigenvalue weighted by molar-refractivity contribution is 6.99. The molecule has 0 aliphatic carbocycles. The Bertz CT molecular complexity index is 650. The van der Waals surface area contributed by atoms with Crippen LogP contribution in [-0.2, 0) is 6.54 Å². The number of rotatable bonds is 4. The lowest BCUT2D eigenvalue weighted by atomic mass is 9.98. The van der Waals surface area contributed by atoms with Crippen LogP contribution in [0.5, 0.6) is 0 Å². The Hall–Kier alpha value is -1.76. The molecule has 118 valence electrons. The lowest BCUT2D eigenvalue weighted by molar-refractivity contribution is 0.0589. The summed E-state index contributed by atoms with van der Waals surface area (Å²) in [7, 11) is 0. The molecular formula is C15H21N5OS. The first-order valence-corrected chi connectivity index (χ1v) is 8.47. The fourth-order valence-corrected chi connectivity index (χ4v) is 3.60. The molecule has 1 atom stereocenters. The van der Waals surface area contributed by atoms with Crippen LogP contribution in [0.15, 0.2) is 12.4 Å². The van der Waals surface area contributed by atoms with Gasteiger partial charge in [-0.3, -0.25) is 4.79 Å². The van der Waals surface area contributed by atoms with Gasteiger partial charge in [0.1, 0.15) is 5.82 Å². The molecule has 2 aromatic heterocycles. The van der Waals surface area contributed by atoms with Gasteiger partial charge in [0.15, 0.2) is 5.69 Å². The SMILES string of the molecule is Cc1nsnc1C(=O)N1CCCCC1CCn1ccnc1C. The van der Waals surface area contributed by atoms with E-state index in [9.17, 15) is 4.79 Å². The molecule has 1 amide bonds. The molecule has 2 aromatic rings. The maximum absolute atomic E-state index is 12.7. The number of aromatic nitrogens is 4. The zero-order chi connectivity index (χ0) is 15.5. The average molecular weight is 319 g/mol. The van der Waals surface area contributed by atoms with Crippen LogP contribution in [0, 0.1) is 13.8 Å². The van der Waals surface area contributed by atoms with Crippen molar-refractivity contribution in [2.45, 2.75) is 52.1 Å². The molecule has 1 aliphatic rings. The number of nitrogens with zero attached hydrogens (tertiary/aromatic N) is 5. The van der Waals surface area contributed by atoms with Gasteiger partial charge in [0, 0.05) is 31.5 Å². The van der Waals surface area contributed by atoms with E-state index in [1.54, 1.807) is 0 Å². The number of amides is 1. The summed E-state index contributed by atoms with van der Waals surface area (Å²) >= 11 is 1.11. The van der Waals surface area contributed by atoms with E-state index in [2.05, 4.69) is 18.3 Å². The van der Waals surface area contributed by atoms with Crippen molar-refractivity contribution in [1.82, 2.24) is 23.2 Å². The second-order valence-electron chi connectivity index (χ2n) is 5.80. The molecule has 22 heavy (non-hydrogen) atoms. The second-order valence-corrected chi connectivity index (χ2v) is 6.33. The summed E-state index contributed by atoms with van der Waals surface area (Å²) in [6, 6.07) is 0.282. The van der Waals surface area contributed by atoms with Crippen LogP contribution in [0.25, 0.3) is 0 Å². The monoisotopic (exact) mass is 319 g/mol. The molecule has 1 fully saturated rings. The topological polar surface area (TPSA) is 63.9 Å². The molecule has 3 rings (SSSR count). The number of aryl methyl sites for hydroxylation is 3. The molecule has 0 bridgehead atoms. The van der Waals surface area contributed by atoms with Gasteiger partial charge >= 0.3 is 0 Å². The molecule has 0 radical (unpaired) electrons. The lowest BCUT2D eigenvalue weighted by Gasteiger charge is -2.35. The molecule has 1 aliphatic heterocycles. The van der Waals surface area contributed by atoms with Crippen molar-refractivity contribution in [3.05, 3.63) is 29.6 Å². The standard InChI is InChI=1S/C15H21N5OS/c1-11-14(18-22-17-11)15(21)20-8-4-3-5-13(20)6-9-19-10-7-16-12(19)2/h7,10,13H,3-6,8-9H2,1-2H3. The smallest absolute Gasteiger partial charge is 0.275 e. The number of hydrogen-bond donors (Lipinski definition) is 0. The summed E-state index contributed by atoms with van der Waals surface area (Å²) in [5, 5.41) is 0. The predicted molar refractivity (Wildman–Crippen MR) is 84.9 cm³/mol. The number of piperidine rings is 1. The van der Waals surface area contributed by atoms with E-state index in [1.165, 1.54) is 6.42 Å². The zero-order valence-corrected chi connectivity index (χ0v) is 13.8. The van der Waals surface area contributed by atoms with Gasteiger partial charge in [-0.05, 0) is 39.5 Å². The van der Waals surface area contributed by atoms with E-state index in [0.29, 0.717) is 5.69 Å². The maximum atomic E-state index is 12.7. The fraction of sp³-hybridized carbons (Fsp3) is 0.600. The van der Waals surface area contributed by atoms with Gasteiger partial charge in [-0.25, -0.2) is 4.98 Å². The van der Waals surface area contributed by atoms with Crippen molar-refractivity contribution in [2.75, 3.05) is 6.54 Å². The van der Waals surface area contributed by atoms with Gasteiger partial charge in [-0.1, -0.05) is 0 Å². The Morgan fingerprint density at radius 1 is 1.36 bits per heavy atom. The van der Waals surface area contributed by atoms with Crippen molar-refractivity contribution in [3.63, 3.8) is 0 Å². The molecule has 0 N–H and O–H groups in total. The summed E-state index contributed by atoms with van der Waals surface area (Å²) in [5.41, 5.74) is 1.26. The minimum Gasteiger partial charge on any atom is -0.335 e. The van der Waals surface area contributed by atoms with E-state index >= 15 is 0 Å². The summed E-state index contributed by atoms with van der Waals surface area (Å²) in [5.74, 6) is 1.06. The van der Waals surface area contributed by atoms with Crippen molar-refractivity contribution >= 4 is 17.6 Å². The molecule has 3 heterocycles. The van der Waals surface area contributed by atoms with Gasteiger partial charge in [0.2, 0.25) is 0 Å². The Morgan fingerprint density at radius 3 is 2.91 bits per heavy atom. The first kappa shape index (κ1) is 15.1. The first-order chi connectivity index (χ1) is 10.7. The van der Waals surface area contributed by atoms with Gasteiger partial charge in [-0.2, -0.15) is 8.75 Å². The summed E-state index contributed by atoms with van der Waals surface area (Å²) in [6.45, 7) is 5.58. The van der Waals surface area contributed by atoms with Crippen LogP contribution < -0.4 is 0 Å². The molecule has 6 nitrogen and oxygen atoms in total. The maximum Gasteiger partial charge on any atom is 0.275 e. The van der Waals surface area contributed by atoms with E-state index < -0.39 is 0 Å². The molecular weight excluding hydrogens is 298 g/mol. The molecule has 0 saturated carbocycles. The van der Waals surface area contributed by atoms with E-state index in [4.69, 9.17) is 0 Å². The van der Waals surface area contributed by atoms with Crippen LogP contribution in [0.3, 0.4) is 0 Å². The highest BCUT2D eigenvalue weighted by Crippen LogP contribution is 2.23. The van der Waals surface area contributed by atoms with Crippen LogP contribution in [0.2, 0.25) is 0 Å². The Kier molecular flexibility index (Phi) is 4.52. The Labute approximate surface area is 134 Å². The van der Waals surface area contributed by atoms with Crippen molar-refractivity contribution in [3.8, 4) is 0 Å². The van der Waals surface area contributed by atoms with Crippen LogP contribution >= 0.6 is 11.7 Å². The Balaban J connectivity index is 1.70. The van der Waals surface area contributed by atoms with Gasteiger partial charge in [0.25, 0.3) is 5.91 Å². The molecule has 1 unspecified atom stereocenters. The highest BCUT2D eigenvalue weighted by atomic mass is 32.1. The lowest BCUT2D eigenvalue weighted by Crippen LogP contribution is -2.44. The second kappa shape index (κ2) is 6.56. The van der Waals surface area contributed by atoms with E-state index in [1.807, 2.05) is 31.1 Å². The average Bonchev–Trinajstić information content (AvgIpc) is 3.13. The van der Waals surface area contributed by atoms with Crippen LogP contribution in [-0.4, -0.2) is 41.7 Å². The minimum absolute atomic E-state index is 0.0401. The number of carbonyl (C=O) groups excluding carboxylic acids is 1. The summed E-state index contributed by atoms with van der Waals surface area (Å²) < 4.78 is 10.4. The van der Waals surface area contributed by atoms with E-state index in [-0.39, 0.29) is 11.9 Å². The quantitative estimate of drug-likeness (QED) is 0.868. The minimum atomic E-state index is 0.0401. The number of imidazole rings is 1. The van der Waals surface area contributed by atoms with Crippen molar-refractivity contribution in [2.24, 2.45) is 0 Å². The Morgan fingerprint density at radius 2 is 2.23 bits per heavy atom. The van der Waals surface area contributed by atoms with Gasteiger partial charge in [-0.15, -0.1) is 0 Å². The fourth-order valence-electron chi connectivity index (χ4n) is 3.06. The molecule has 0 spiro atoms. The van der Waals surface area contributed by atoms with Crippen molar-refractivity contribution in [1.29, 1.82) is 0 Å². The van der Waals surface area contributed by atoms with Crippen molar-refractivity contribution < 1.29 is 4.79 Å². The number of likely N-dealkylation sites (tertiary alicyclic amines) is 1. The van der Waals surface area contributed by atoms with Crippen LogP contribution in [0.4, 0.5) is 0 Å². The molecule has 1 saturated heterocycles. The normalized spacial score (nSPS) is 18.6. The number of hydrogen-bond acceptors (Lipinski definition) is 5. The molecule has 0 aromatic carbocycles. The van der Waals surface area contributed by atoms with E-state index in [0.717, 1.165) is 55.6 Å². The highest BCUT2D eigenvalue weighted by Gasteiger charge is 2.29. The zero-order valence-electron chi connectivity index (χ0n) is 13.0. The third-order valence-corrected chi connectivity index (χ3v) is 4.99. The molecule has 7 heteroatoms. The van der Waals surface area contributed by atoms with Crippen LogP contribution in [0.1, 0.15) is 47.7 Å². The first-order valence-electron chi connectivity index (χ1n) is 7.74. The predicted octanol–water partition coefficient (Wildman–Crippen LogP) is 2.44. The third-order valence-electron chi connectivity index (χ3n) is 4.37. The van der Waals surface area contributed by atoms with Gasteiger partial charge in [0.05, 0.1) is 17.4 Å². The van der Waals surface area contributed by atoms with Gasteiger partial charge < -0.3 is 9.47 Å². The third kappa shape index (κ3) is 3.04. The number of carbonyl (C=O) groups is 1. The summed E-state index contributed by atoms with van der Waals surface area (Å²) in [4.78, 5) is 19.0.